The van der Waals surface area contributed by atoms with E-state index in [1.807, 2.05) is 0 Å². The van der Waals surface area contributed by atoms with E-state index in [0.29, 0.717) is 16.8 Å². The molecule has 2 rings (SSSR count). The Balaban J connectivity index is 2.21. The Labute approximate surface area is 126 Å². The molecule has 0 aliphatic carbocycles. The molecule has 22 heavy (non-hydrogen) atoms. The lowest BCUT2D eigenvalue weighted by atomic mass is 10.1. The van der Waals surface area contributed by atoms with Crippen LogP contribution in [0.1, 0.15) is 11.1 Å². The molecule has 2 N–H and O–H groups in total. The molecule has 0 heterocycles. The predicted octanol–water partition coefficient (Wildman–Crippen LogP) is 3.36. The number of nitrogens with zero attached hydrogens (tertiary/aromatic N) is 1. The average Bonchev–Trinajstić information content (AvgIpc) is 2.48. The standard InChI is InChI=1S/C16H15F3N2O/c17-16(18,19)15(22)21(10-12-4-2-1-3-5-12)11-13-6-8-14(20)9-7-13/h1-9H,10-11,20H2. The highest BCUT2D eigenvalue weighted by Gasteiger charge is 2.42. The quantitative estimate of drug-likeness (QED) is 0.880. The fraction of sp³-hybridized carbons (Fsp3) is 0.188. The number of carbonyl (C=O) groups excluding carboxylic acids is 1. The molecule has 0 fully saturated rings. The molecule has 0 bridgehead atoms. The van der Waals surface area contributed by atoms with Gasteiger partial charge in [-0.15, -0.1) is 0 Å². The molecule has 0 aromatic heterocycles. The van der Waals surface area contributed by atoms with Crippen LogP contribution in [0.3, 0.4) is 0 Å². The Bertz CT molecular complexity index is 624. The largest absolute Gasteiger partial charge is 0.471 e. The molecule has 0 saturated carbocycles. The van der Waals surface area contributed by atoms with Crippen LogP contribution in [-0.2, 0) is 17.9 Å². The monoisotopic (exact) mass is 308 g/mol. The summed E-state index contributed by atoms with van der Waals surface area (Å²) in [6.45, 7) is -0.239. The molecule has 3 nitrogen and oxygen atoms in total. The summed E-state index contributed by atoms with van der Waals surface area (Å²) in [5.41, 5.74) is 7.28. The number of hydrogen-bond donors (Lipinski definition) is 1. The summed E-state index contributed by atoms with van der Waals surface area (Å²) in [4.78, 5) is 12.4. The molecule has 0 atom stereocenters. The minimum Gasteiger partial charge on any atom is -0.399 e. The molecule has 0 radical (unpaired) electrons. The minimum absolute atomic E-state index is 0.108. The van der Waals surface area contributed by atoms with E-state index in [0.717, 1.165) is 4.90 Å². The lowest BCUT2D eigenvalue weighted by Gasteiger charge is -2.24. The number of anilines is 1. The first-order chi connectivity index (χ1) is 10.4. The van der Waals surface area contributed by atoms with Crippen LogP contribution in [0.25, 0.3) is 0 Å². The summed E-state index contributed by atoms with van der Waals surface area (Å²) < 4.78 is 38.3. The second kappa shape index (κ2) is 6.51. The second-order valence-electron chi connectivity index (χ2n) is 4.89. The van der Waals surface area contributed by atoms with Crippen molar-refractivity contribution in [3.63, 3.8) is 0 Å². The van der Waals surface area contributed by atoms with Crippen molar-refractivity contribution in [2.75, 3.05) is 5.73 Å². The molecule has 0 spiro atoms. The van der Waals surface area contributed by atoms with Crippen LogP contribution in [0.2, 0.25) is 0 Å². The maximum absolute atomic E-state index is 12.8. The van der Waals surface area contributed by atoms with Gasteiger partial charge in [-0.1, -0.05) is 42.5 Å². The molecule has 1 amide bonds. The lowest BCUT2D eigenvalue weighted by Crippen LogP contribution is -2.40. The smallest absolute Gasteiger partial charge is 0.399 e. The van der Waals surface area contributed by atoms with Crippen LogP contribution < -0.4 is 5.73 Å². The Morgan fingerprint density at radius 2 is 1.41 bits per heavy atom. The molecular formula is C16H15F3N2O. The third kappa shape index (κ3) is 4.25. The predicted molar refractivity (Wildman–Crippen MR) is 77.6 cm³/mol. The van der Waals surface area contributed by atoms with Crippen molar-refractivity contribution in [1.29, 1.82) is 0 Å². The molecule has 0 saturated heterocycles. The number of nitrogen functional groups attached to an aromatic ring is 1. The van der Waals surface area contributed by atoms with Gasteiger partial charge in [0.15, 0.2) is 0 Å². The van der Waals surface area contributed by atoms with Crippen molar-refractivity contribution < 1.29 is 18.0 Å². The zero-order chi connectivity index (χ0) is 16.2. The van der Waals surface area contributed by atoms with Crippen LogP contribution in [0.15, 0.2) is 54.6 Å². The van der Waals surface area contributed by atoms with Gasteiger partial charge in [-0.2, -0.15) is 13.2 Å². The summed E-state index contributed by atoms with van der Waals surface area (Å²) in [5, 5.41) is 0. The van der Waals surface area contributed by atoms with E-state index >= 15 is 0 Å². The van der Waals surface area contributed by atoms with Crippen LogP contribution in [-0.4, -0.2) is 17.0 Å². The topological polar surface area (TPSA) is 46.3 Å². The SMILES string of the molecule is Nc1ccc(CN(Cc2ccccc2)C(=O)C(F)(F)F)cc1. The fourth-order valence-electron chi connectivity index (χ4n) is 2.03. The number of halogens is 3. The van der Waals surface area contributed by atoms with Gasteiger partial charge in [-0.05, 0) is 23.3 Å². The molecule has 0 unspecified atom stereocenters. The van der Waals surface area contributed by atoms with Gasteiger partial charge in [-0.3, -0.25) is 4.79 Å². The first kappa shape index (κ1) is 15.9. The molecule has 0 aliphatic rings. The van der Waals surface area contributed by atoms with Gasteiger partial charge >= 0.3 is 12.1 Å². The number of benzene rings is 2. The minimum atomic E-state index is -4.90. The van der Waals surface area contributed by atoms with E-state index in [-0.39, 0.29) is 13.1 Å². The van der Waals surface area contributed by atoms with E-state index < -0.39 is 12.1 Å². The molecule has 2 aromatic rings. The highest BCUT2D eigenvalue weighted by molar-refractivity contribution is 5.81. The van der Waals surface area contributed by atoms with E-state index in [2.05, 4.69) is 0 Å². The Morgan fingerprint density at radius 3 is 1.91 bits per heavy atom. The summed E-state index contributed by atoms with van der Waals surface area (Å²) in [5.74, 6) is -1.85. The van der Waals surface area contributed by atoms with Gasteiger partial charge in [-0.25, -0.2) is 0 Å². The van der Waals surface area contributed by atoms with Crippen molar-refractivity contribution in [2.45, 2.75) is 19.3 Å². The second-order valence-corrected chi connectivity index (χ2v) is 4.89. The third-order valence-electron chi connectivity index (χ3n) is 3.10. The van der Waals surface area contributed by atoms with Gasteiger partial charge in [0.2, 0.25) is 0 Å². The van der Waals surface area contributed by atoms with Gasteiger partial charge in [0, 0.05) is 18.8 Å². The van der Waals surface area contributed by atoms with Crippen molar-refractivity contribution in [2.24, 2.45) is 0 Å². The molecule has 2 aromatic carbocycles. The van der Waals surface area contributed by atoms with Crippen LogP contribution in [0, 0.1) is 0 Å². The van der Waals surface area contributed by atoms with Crippen molar-refractivity contribution in [1.82, 2.24) is 4.90 Å². The van der Waals surface area contributed by atoms with Crippen LogP contribution >= 0.6 is 0 Å². The summed E-state index contributed by atoms with van der Waals surface area (Å²) in [7, 11) is 0. The highest BCUT2D eigenvalue weighted by atomic mass is 19.4. The first-order valence-electron chi connectivity index (χ1n) is 6.60. The Hall–Kier alpha value is -2.50. The number of hydrogen-bond acceptors (Lipinski definition) is 2. The number of amides is 1. The fourth-order valence-corrected chi connectivity index (χ4v) is 2.03. The maximum atomic E-state index is 12.8. The molecule has 6 heteroatoms. The highest BCUT2D eigenvalue weighted by Crippen LogP contribution is 2.22. The normalized spacial score (nSPS) is 11.2. The Morgan fingerprint density at radius 1 is 0.909 bits per heavy atom. The number of alkyl halides is 3. The molecule has 116 valence electrons. The van der Waals surface area contributed by atoms with Gasteiger partial charge in [0.05, 0.1) is 0 Å². The molecule has 0 aliphatic heterocycles. The first-order valence-corrected chi connectivity index (χ1v) is 6.60. The van der Waals surface area contributed by atoms with Crippen molar-refractivity contribution in [3.05, 3.63) is 65.7 Å². The number of nitrogens with two attached hydrogens (primary N) is 1. The molecular weight excluding hydrogens is 293 g/mol. The third-order valence-corrected chi connectivity index (χ3v) is 3.10. The van der Waals surface area contributed by atoms with Crippen molar-refractivity contribution >= 4 is 11.6 Å². The van der Waals surface area contributed by atoms with Crippen LogP contribution in [0.4, 0.5) is 18.9 Å². The van der Waals surface area contributed by atoms with E-state index in [1.54, 1.807) is 54.6 Å². The van der Waals surface area contributed by atoms with Gasteiger partial charge in [0.1, 0.15) is 0 Å². The number of carbonyl (C=O) groups is 1. The van der Waals surface area contributed by atoms with Crippen LogP contribution in [0.5, 0.6) is 0 Å². The Kier molecular flexibility index (Phi) is 4.70. The summed E-state index contributed by atoms with van der Waals surface area (Å²) >= 11 is 0. The van der Waals surface area contributed by atoms with Crippen molar-refractivity contribution in [3.8, 4) is 0 Å². The number of rotatable bonds is 4. The maximum Gasteiger partial charge on any atom is 0.471 e. The van der Waals surface area contributed by atoms with E-state index in [4.69, 9.17) is 5.73 Å². The zero-order valence-electron chi connectivity index (χ0n) is 11.7. The van der Waals surface area contributed by atoms with Gasteiger partial charge in [0.25, 0.3) is 0 Å². The zero-order valence-corrected chi connectivity index (χ0v) is 11.7. The average molecular weight is 308 g/mol. The van der Waals surface area contributed by atoms with E-state index in [1.165, 1.54) is 0 Å². The van der Waals surface area contributed by atoms with Gasteiger partial charge < -0.3 is 10.6 Å². The summed E-state index contributed by atoms with van der Waals surface area (Å²) in [6, 6.07) is 15.0. The van der Waals surface area contributed by atoms with E-state index in [9.17, 15) is 18.0 Å². The summed E-state index contributed by atoms with van der Waals surface area (Å²) in [6.07, 6.45) is -4.90. The lowest BCUT2D eigenvalue weighted by molar-refractivity contribution is -0.186.